The topological polar surface area (TPSA) is 65.4 Å². The van der Waals surface area contributed by atoms with Gasteiger partial charge in [0, 0.05) is 32.1 Å². The van der Waals surface area contributed by atoms with Crippen molar-refractivity contribution in [3.63, 3.8) is 0 Å². The number of ether oxygens (including phenoxy) is 2. The van der Waals surface area contributed by atoms with Crippen molar-refractivity contribution in [2.45, 2.75) is 12.6 Å². The van der Waals surface area contributed by atoms with Crippen LogP contribution in [-0.4, -0.2) is 29.7 Å². The number of aryl methyl sites for hydroxylation is 1. The fourth-order valence-electron chi connectivity index (χ4n) is 2.91. The van der Waals surface area contributed by atoms with Crippen LogP contribution in [0.25, 0.3) is 0 Å². The third kappa shape index (κ3) is 4.35. The van der Waals surface area contributed by atoms with E-state index in [4.69, 9.17) is 9.47 Å². The number of rotatable bonds is 7. The van der Waals surface area contributed by atoms with Crippen molar-refractivity contribution >= 4 is 5.91 Å². The molecule has 27 heavy (non-hydrogen) atoms. The van der Waals surface area contributed by atoms with Crippen molar-refractivity contribution in [2.75, 3.05) is 14.2 Å². The summed E-state index contributed by atoms with van der Waals surface area (Å²) in [7, 11) is 5.17. The number of carbonyl (C=O) groups excluding carboxylic acids is 1. The molecule has 0 radical (unpaired) electrons. The van der Waals surface area contributed by atoms with Crippen molar-refractivity contribution in [1.82, 2.24) is 14.9 Å². The van der Waals surface area contributed by atoms with Crippen molar-refractivity contribution in [2.24, 2.45) is 7.05 Å². The molecule has 1 atom stereocenters. The third-order valence-electron chi connectivity index (χ3n) is 4.35. The van der Waals surface area contributed by atoms with E-state index in [1.807, 2.05) is 54.2 Å². The highest BCUT2D eigenvalue weighted by atomic mass is 16.5. The minimum atomic E-state index is -0.397. The summed E-state index contributed by atoms with van der Waals surface area (Å²) in [5, 5.41) is 3.09. The number of nitrogens with zero attached hydrogens (tertiary/aromatic N) is 2. The van der Waals surface area contributed by atoms with Crippen LogP contribution in [-0.2, 0) is 18.4 Å². The summed E-state index contributed by atoms with van der Waals surface area (Å²) in [6.45, 7) is 0.515. The Labute approximate surface area is 158 Å². The molecule has 2 aromatic carbocycles. The zero-order chi connectivity index (χ0) is 19.2. The fourth-order valence-corrected chi connectivity index (χ4v) is 2.91. The fraction of sp³-hybridized carbons (Fsp3) is 0.238. The molecule has 140 valence electrons. The molecule has 6 heteroatoms. The number of amides is 1. The SMILES string of the molecule is COCc1ccc(C(=O)NC(c2cccc(OC)c2)c2nccn2C)cc1. The summed E-state index contributed by atoms with van der Waals surface area (Å²) in [5.74, 6) is 1.30. The standard InChI is InChI=1S/C21H23N3O3/c1-24-12-11-22-20(24)19(17-5-4-6-18(13-17)27-3)23-21(25)16-9-7-15(8-10-16)14-26-2/h4-13,19H,14H2,1-3H3,(H,23,25). The highest BCUT2D eigenvalue weighted by molar-refractivity contribution is 5.94. The van der Waals surface area contributed by atoms with Crippen LogP contribution in [0.4, 0.5) is 0 Å². The second kappa shape index (κ2) is 8.51. The monoisotopic (exact) mass is 365 g/mol. The molecule has 0 aliphatic heterocycles. The molecule has 1 N–H and O–H groups in total. The first-order valence-corrected chi connectivity index (χ1v) is 8.62. The van der Waals surface area contributed by atoms with E-state index >= 15 is 0 Å². The van der Waals surface area contributed by atoms with Crippen LogP contribution in [0.2, 0.25) is 0 Å². The average Bonchev–Trinajstić information content (AvgIpc) is 3.12. The number of nitrogens with one attached hydrogen (secondary N) is 1. The summed E-state index contributed by atoms with van der Waals surface area (Å²) in [6.07, 6.45) is 3.57. The van der Waals surface area contributed by atoms with Gasteiger partial charge in [-0.2, -0.15) is 0 Å². The summed E-state index contributed by atoms with van der Waals surface area (Å²) >= 11 is 0. The molecule has 1 amide bonds. The molecule has 0 saturated heterocycles. The highest BCUT2D eigenvalue weighted by Crippen LogP contribution is 2.24. The van der Waals surface area contributed by atoms with Gasteiger partial charge in [0.2, 0.25) is 0 Å². The molecular formula is C21H23N3O3. The van der Waals surface area contributed by atoms with Crippen LogP contribution >= 0.6 is 0 Å². The lowest BCUT2D eigenvalue weighted by atomic mass is 10.0. The van der Waals surface area contributed by atoms with Gasteiger partial charge in [-0.3, -0.25) is 4.79 Å². The smallest absolute Gasteiger partial charge is 0.252 e. The van der Waals surface area contributed by atoms with Crippen molar-refractivity contribution in [3.05, 3.63) is 83.4 Å². The summed E-state index contributed by atoms with van der Waals surface area (Å²) in [5.41, 5.74) is 2.49. The van der Waals surface area contributed by atoms with E-state index in [2.05, 4.69) is 10.3 Å². The molecule has 1 heterocycles. The Kier molecular flexibility index (Phi) is 5.88. The molecule has 0 fully saturated rings. The maximum atomic E-state index is 12.8. The van der Waals surface area contributed by atoms with Gasteiger partial charge in [0.1, 0.15) is 17.6 Å². The van der Waals surface area contributed by atoms with E-state index in [-0.39, 0.29) is 5.91 Å². The van der Waals surface area contributed by atoms with Crippen molar-refractivity contribution < 1.29 is 14.3 Å². The van der Waals surface area contributed by atoms with Gasteiger partial charge in [0.05, 0.1) is 13.7 Å². The summed E-state index contributed by atoms with van der Waals surface area (Å²) < 4.78 is 12.3. The van der Waals surface area contributed by atoms with E-state index < -0.39 is 6.04 Å². The Balaban J connectivity index is 1.89. The van der Waals surface area contributed by atoms with Gasteiger partial charge in [-0.1, -0.05) is 24.3 Å². The number of hydrogen-bond acceptors (Lipinski definition) is 4. The average molecular weight is 365 g/mol. The highest BCUT2D eigenvalue weighted by Gasteiger charge is 2.22. The second-order valence-electron chi connectivity index (χ2n) is 6.21. The van der Waals surface area contributed by atoms with Crippen molar-refractivity contribution in [3.8, 4) is 5.75 Å². The minimum Gasteiger partial charge on any atom is -0.497 e. The van der Waals surface area contributed by atoms with Crippen LogP contribution < -0.4 is 10.1 Å². The zero-order valence-corrected chi connectivity index (χ0v) is 15.7. The van der Waals surface area contributed by atoms with E-state index in [0.29, 0.717) is 12.2 Å². The van der Waals surface area contributed by atoms with Crippen LogP contribution in [0.3, 0.4) is 0 Å². The predicted molar refractivity (Wildman–Crippen MR) is 103 cm³/mol. The van der Waals surface area contributed by atoms with Gasteiger partial charge >= 0.3 is 0 Å². The second-order valence-corrected chi connectivity index (χ2v) is 6.21. The van der Waals surface area contributed by atoms with Gasteiger partial charge < -0.3 is 19.4 Å². The molecule has 1 aromatic heterocycles. The first-order chi connectivity index (χ1) is 13.1. The number of hydrogen-bond donors (Lipinski definition) is 1. The molecule has 1 unspecified atom stereocenters. The van der Waals surface area contributed by atoms with E-state index in [1.165, 1.54) is 0 Å². The Bertz CT molecular complexity index is 903. The molecule has 3 rings (SSSR count). The van der Waals surface area contributed by atoms with Crippen LogP contribution in [0, 0.1) is 0 Å². The van der Waals surface area contributed by atoms with Gasteiger partial charge in [0.25, 0.3) is 5.91 Å². The number of methoxy groups -OCH3 is 2. The third-order valence-corrected chi connectivity index (χ3v) is 4.35. The van der Waals surface area contributed by atoms with Crippen LogP contribution in [0.1, 0.15) is 33.4 Å². The van der Waals surface area contributed by atoms with Crippen LogP contribution in [0.15, 0.2) is 60.9 Å². The molecule has 6 nitrogen and oxygen atoms in total. The molecule has 0 aliphatic rings. The van der Waals surface area contributed by atoms with E-state index in [1.54, 1.807) is 32.5 Å². The Morgan fingerprint density at radius 3 is 2.59 bits per heavy atom. The van der Waals surface area contributed by atoms with E-state index in [9.17, 15) is 4.79 Å². The van der Waals surface area contributed by atoms with Gasteiger partial charge in [-0.05, 0) is 35.4 Å². The number of carbonyl (C=O) groups is 1. The quantitative estimate of drug-likeness (QED) is 0.699. The normalized spacial score (nSPS) is 11.8. The Hall–Kier alpha value is -3.12. The van der Waals surface area contributed by atoms with Gasteiger partial charge in [-0.25, -0.2) is 4.98 Å². The lowest BCUT2D eigenvalue weighted by Crippen LogP contribution is -2.31. The molecule has 0 saturated carbocycles. The molecule has 0 aliphatic carbocycles. The van der Waals surface area contributed by atoms with Crippen molar-refractivity contribution in [1.29, 1.82) is 0 Å². The Morgan fingerprint density at radius 1 is 1.19 bits per heavy atom. The predicted octanol–water partition coefficient (Wildman–Crippen LogP) is 3.09. The number of aromatic nitrogens is 2. The first kappa shape index (κ1) is 18.7. The minimum absolute atomic E-state index is 0.171. The Morgan fingerprint density at radius 2 is 1.96 bits per heavy atom. The summed E-state index contributed by atoms with van der Waals surface area (Å²) in [6, 6.07) is 14.6. The van der Waals surface area contributed by atoms with Gasteiger partial charge in [0.15, 0.2) is 0 Å². The lowest BCUT2D eigenvalue weighted by Gasteiger charge is -2.20. The summed E-state index contributed by atoms with van der Waals surface area (Å²) in [4.78, 5) is 17.3. The largest absolute Gasteiger partial charge is 0.497 e. The molecule has 3 aromatic rings. The number of imidazole rings is 1. The maximum absolute atomic E-state index is 12.8. The van der Waals surface area contributed by atoms with Crippen LogP contribution in [0.5, 0.6) is 5.75 Å². The molecule has 0 bridgehead atoms. The number of benzene rings is 2. The zero-order valence-electron chi connectivity index (χ0n) is 15.7. The van der Waals surface area contributed by atoms with E-state index in [0.717, 1.165) is 22.7 Å². The maximum Gasteiger partial charge on any atom is 0.252 e. The molecule has 0 spiro atoms. The first-order valence-electron chi connectivity index (χ1n) is 8.62. The lowest BCUT2D eigenvalue weighted by molar-refractivity contribution is 0.0941. The molecular weight excluding hydrogens is 342 g/mol. The van der Waals surface area contributed by atoms with Gasteiger partial charge in [-0.15, -0.1) is 0 Å².